The number of fused-ring (bicyclic) bond motifs is 16. The lowest BCUT2D eigenvalue weighted by atomic mass is 10.0. The van der Waals surface area contributed by atoms with Crippen LogP contribution in [-0.2, 0) is 0 Å². The molecule has 10 aromatic carbocycles. The van der Waals surface area contributed by atoms with Crippen LogP contribution in [0, 0.1) is 0 Å². The van der Waals surface area contributed by atoms with Crippen LogP contribution in [0.2, 0.25) is 0 Å². The molecule has 0 aliphatic heterocycles. The van der Waals surface area contributed by atoms with Crippen LogP contribution in [-0.4, -0.2) is 38.2 Å². The van der Waals surface area contributed by atoms with E-state index in [9.17, 15) is 0 Å². The van der Waals surface area contributed by atoms with E-state index in [0.29, 0.717) is 17.8 Å². The molecule has 0 N–H and O–H groups in total. The van der Waals surface area contributed by atoms with Crippen molar-refractivity contribution in [2.24, 2.45) is 0 Å². The molecule has 17 aromatic rings. The molecule has 0 saturated carbocycles. The van der Waals surface area contributed by atoms with Gasteiger partial charge in [0.1, 0.15) is 11.2 Å². The van der Waals surface area contributed by atoms with Crippen LogP contribution in [0.5, 0.6) is 0 Å². The van der Waals surface area contributed by atoms with Crippen molar-refractivity contribution in [3.63, 3.8) is 0 Å². The summed E-state index contributed by atoms with van der Waals surface area (Å²) in [6, 6.07) is 85.4. The molecule has 0 amide bonds. The highest BCUT2D eigenvalue weighted by Crippen LogP contribution is 2.44. The van der Waals surface area contributed by atoms with Gasteiger partial charge < -0.3 is 8.98 Å². The van der Waals surface area contributed by atoms with E-state index < -0.39 is 0 Å². The monoisotopic (exact) mass is 984 g/mol. The highest BCUT2D eigenvalue weighted by Gasteiger charge is 2.26. The highest BCUT2D eigenvalue weighted by molar-refractivity contribution is 6.26. The summed E-state index contributed by atoms with van der Waals surface area (Å²) in [6.07, 6.45) is 0. The normalized spacial score (nSPS) is 12.2. The van der Waals surface area contributed by atoms with Gasteiger partial charge in [0.25, 0.3) is 0 Å². The summed E-state index contributed by atoms with van der Waals surface area (Å²) in [5, 5.41) is 11.0. The average molecular weight is 985 g/mol. The summed E-state index contributed by atoms with van der Waals surface area (Å²) in [5.74, 6) is 1.53. The SMILES string of the molecule is c1ccc(-c2cc(-n3c4ccccc4c4ccc5c(c6ccccc6n5-c5nc(-n6c7ccccc7c7ccccc76)nc(-n6c7ccccc7c7ccccc76)n5)c43)cc(-c3cccc4c3oc3ccccc34)n2)cc1. The predicted octanol–water partition coefficient (Wildman–Crippen LogP) is 16.9. The third-order valence-electron chi connectivity index (χ3n) is 15.6. The van der Waals surface area contributed by atoms with Crippen molar-refractivity contribution in [2.45, 2.75) is 0 Å². The van der Waals surface area contributed by atoms with Gasteiger partial charge in [-0.2, -0.15) is 15.0 Å². The molecule has 358 valence electrons. The first-order valence-electron chi connectivity index (χ1n) is 25.9. The fourth-order valence-electron chi connectivity index (χ4n) is 12.4. The maximum absolute atomic E-state index is 6.68. The molecule has 0 unspecified atom stereocenters. The Morgan fingerprint density at radius 2 is 0.714 bits per heavy atom. The zero-order valence-corrected chi connectivity index (χ0v) is 41.1. The lowest BCUT2D eigenvalue weighted by Crippen LogP contribution is -2.13. The molecule has 9 heteroatoms. The summed E-state index contributed by atoms with van der Waals surface area (Å²) >= 11 is 0. The predicted molar refractivity (Wildman–Crippen MR) is 313 cm³/mol. The minimum atomic E-state index is 0.499. The third-order valence-corrected chi connectivity index (χ3v) is 15.6. The van der Waals surface area contributed by atoms with Crippen LogP contribution in [0.25, 0.3) is 155 Å². The smallest absolute Gasteiger partial charge is 0.241 e. The minimum Gasteiger partial charge on any atom is -0.455 e. The molecular weight excluding hydrogens is 945 g/mol. The van der Waals surface area contributed by atoms with Crippen molar-refractivity contribution >= 4 is 109 Å². The highest BCUT2D eigenvalue weighted by atomic mass is 16.3. The van der Waals surface area contributed by atoms with Crippen molar-refractivity contribution in [3.8, 4) is 46.0 Å². The van der Waals surface area contributed by atoms with Crippen LogP contribution < -0.4 is 0 Å². The molecule has 0 bridgehead atoms. The standard InChI is InChI=1S/C68H40N8O/c1-2-19-41(20-3-1)53-39-42(40-54(69-53)51-29-18-28-50-48-26-10-17-36-62(48)77-65(50)51)73-55-30-11-8-25-47(55)49-37-38-61-63(64(49)73)52-27-9-16-35-60(52)76(61)68-71-66(74-56-31-12-4-21-43(56)44-22-5-13-32-57(44)74)70-67(72-68)75-58-33-14-6-23-45(58)46-24-7-15-34-59(46)75/h1-40H. The van der Waals surface area contributed by atoms with Gasteiger partial charge in [-0.05, 0) is 66.7 Å². The number of hydrogen-bond donors (Lipinski definition) is 0. The Morgan fingerprint density at radius 3 is 1.29 bits per heavy atom. The molecule has 7 heterocycles. The molecule has 7 aromatic heterocycles. The van der Waals surface area contributed by atoms with E-state index in [1.165, 1.54) is 0 Å². The van der Waals surface area contributed by atoms with Crippen molar-refractivity contribution in [2.75, 3.05) is 0 Å². The second-order valence-electron chi connectivity index (χ2n) is 19.8. The number of rotatable bonds is 6. The molecule has 77 heavy (non-hydrogen) atoms. The number of hydrogen-bond acceptors (Lipinski definition) is 5. The zero-order chi connectivity index (χ0) is 50.3. The molecule has 0 atom stereocenters. The Bertz CT molecular complexity index is 5070. The van der Waals surface area contributed by atoms with Crippen LogP contribution in [0.4, 0.5) is 0 Å². The molecule has 0 aliphatic carbocycles. The van der Waals surface area contributed by atoms with Gasteiger partial charge in [0.2, 0.25) is 17.8 Å². The van der Waals surface area contributed by atoms with E-state index in [2.05, 4.69) is 243 Å². The van der Waals surface area contributed by atoms with Gasteiger partial charge in [-0.25, -0.2) is 4.98 Å². The largest absolute Gasteiger partial charge is 0.455 e. The Kier molecular flexibility index (Phi) is 8.65. The Labute approximate surface area is 438 Å². The summed E-state index contributed by atoms with van der Waals surface area (Å²) in [6.45, 7) is 0. The van der Waals surface area contributed by atoms with E-state index in [-0.39, 0.29) is 0 Å². The minimum absolute atomic E-state index is 0.499. The van der Waals surface area contributed by atoms with Crippen molar-refractivity contribution in [1.82, 2.24) is 38.2 Å². The van der Waals surface area contributed by atoms with Gasteiger partial charge in [0, 0.05) is 65.0 Å². The van der Waals surface area contributed by atoms with E-state index in [1.54, 1.807) is 0 Å². The Morgan fingerprint density at radius 1 is 0.286 bits per heavy atom. The van der Waals surface area contributed by atoms with Gasteiger partial charge in [-0.3, -0.25) is 13.7 Å². The molecule has 17 rings (SSSR count). The van der Waals surface area contributed by atoms with Crippen LogP contribution >= 0.6 is 0 Å². The summed E-state index contributed by atoms with van der Waals surface area (Å²) in [5.41, 5.74) is 14.3. The fraction of sp³-hybridized carbons (Fsp3) is 0. The molecule has 0 spiro atoms. The Balaban J connectivity index is 0.986. The maximum Gasteiger partial charge on any atom is 0.241 e. The van der Waals surface area contributed by atoms with Crippen LogP contribution in [0.15, 0.2) is 247 Å². The van der Waals surface area contributed by atoms with Gasteiger partial charge >= 0.3 is 0 Å². The zero-order valence-electron chi connectivity index (χ0n) is 41.1. The fourth-order valence-corrected chi connectivity index (χ4v) is 12.4. The number of benzene rings is 10. The second kappa shape index (κ2) is 15.9. The number of furan rings is 1. The summed E-state index contributed by atoms with van der Waals surface area (Å²) in [7, 11) is 0. The van der Waals surface area contributed by atoms with Gasteiger partial charge in [0.05, 0.1) is 61.2 Å². The van der Waals surface area contributed by atoms with Crippen LogP contribution in [0.3, 0.4) is 0 Å². The van der Waals surface area contributed by atoms with E-state index in [1.807, 2.05) is 18.2 Å². The first-order valence-corrected chi connectivity index (χ1v) is 25.9. The van der Waals surface area contributed by atoms with Crippen molar-refractivity contribution < 1.29 is 4.42 Å². The Hall–Kier alpha value is -10.6. The van der Waals surface area contributed by atoms with E-state index in [4.69, 9.17) is 24.4 Å². The van der Waals surface area contributed by atoms with E-state index >= 15 is 0 Å². The van der Waals surface area contributed by atoms with E-state index in [0.717, 1.165) is 137 Å². The molecule has 9 nitrogen and oxygen atoms in total. The number of para-hydroxylation sites is 8. The van der Waals surface area contributed by atoms with Gasteiger partial charge in [-0.15, -0.1) is 0 Å². The number of aromatic nitrogens is 8. The second-order valence-corrected chi connectivity index (χ2v) is 19.8. The van der Waals surface area contributed by atoms with Crippen LogP contribution in [0.1, 0.15) is 0 Å². The topological polar surface area (TPSA) is 84.4 Å². The average Bonchev–Trinajstić information content (AvgIpc) is 4.38. The van der Waals surface area contributed by atoms with Crippen molar-refractivity contribution in [3.05, 3.63) is 243 Å². The molecule has 0 saturated heterocycles. The number of pyridine rings is 1. The maximum atomic E-state index is 6.68. The summed E-state index contributed by atoms with van der Waals surface area (Å²) in [4.78, 5) is 22.1. The first-order chi connectivity index (χ1) is 38.2. The molecule has 0 radical (unpaired) electrons. The van der Waals surface area contributed by atoms with Crippen molar-refractivity contribution in [1.29, 1.82) is 0 Å². The molecule has 0 aliphatic rings. The third kappa shape index (κ3) is 5.99. The lowest BCUT2D eigenvalue weighted by Gasteiger charge is -2.14. The van der Waals surface area contributed by atoms with Gasteiger partial charge in [0.15, 0.2) is 0 Å². The summed E-state index contributed by atoms with van der Waals surface area (Å²) < 4.78 is 15.7. The number of nitrogens with zero attached hydrogens (tertiary/aromatic N) is 8. The lowest BCUT2D eigenvalue weighted by molar-refractivity contribution is 0.670. The molecule has 0 fully saturated rings. The molecular formula is C68H40N8O. The van der Waals surface area contributed by atoms with Gasteiger partial charge in [-0.1, -0.05) is 176 Å². The quantitative estimate of drug-likeness (QED) is 0.166. The first kappa shape index (κ1) is 41.8.